The Balaban J connectivity index is 1.76. The van der Waals surface area contributed by atoms with Crippen molar-refractivity contribution >= 4 is 33.9 Å². The standard InChI is InChI=1S/C20H18BrNO3/c1-2-3-11-24-17-9-7-15(8-10-17)19-22-18(20(23)25-19)13-14-5-4-6-16(21)12-14/h4-10,12-13H,2-3,11H2,1H3. The number of unbranched alkanes of at least 4 members (excludes halogenated alkanes) is 1. The maximum absolute atomic E-state index is 12.0. The van der Waals surface area contributed by atoms with Crippen molar-refractivity contribution in [3.05, 3.63) is 69.8 Å². The second-order valence-corrected chi connectivity index (χ2v) is 6.53. The first-order valence-electron chi connectivity index (χ1n) is 8.17. The van der Waals surface area contributed by atoms with Crippen LogP contribution in [0.5, 0.6) is 5.75 Å². The largest absolute Gasteiger partial charge is 0.494 e. The number of ether oxygens (including phenoxy) is 2. The first-order valence-corrected chi connectivity index (χ1v) is 8.96. The topological polar surface area (TPSA) is 47.9 Å². The molecular weight excluding hydrogens is 382 g/mol. The summed E-state index contributed by atoms with van der Waals surface area (Å²) in [6, 6.07) is 15.0. The Hall–Kier alpha value is -2.40. The third-order valence-corrected chi connectivity index (χ3v) is 4.13. The Morgan fingerprint density at radius 3 is 2.72 bits per heavy atom. The molecule has 128 valence electrons. The summed E-state index contributed by atoms with van der Waals surface area (Å²) in [6.07, 6.45) is 3.83. The third-order valence-electron chi connectivity index (χ3n) is 3.64. The quantitative estimate of drug-likeness (QED) is 0.391. The molecule has 0 unspecified atom stereocenters. The number of carbonyl (C=O) groups is 1. The molecule has 0 saturated carbocycles. The van der Waals surface area contributed by atoms with Gasteiger partial charge >= 0.3 is 5.97 Å². The molecule has 0 aliphatic carbocycles. The van der Waals surface area contributed by atoms with Crippen molar-refractivity contribution in [2.24, 2.45) is 4.99 Å². The van der Waals surface area contributed by atoms with Crippen LogP contribution in [-0.2, 0) is 9.53 Å². The molecule has 3 rings (SSSR count). The molecule has 0 spiro atoms. The van der Waals surface area contributed by atoms with E-state index in [1.54, 1.807) is 6.08 Å². The van der Waals surface area contributed by atoms with Crippen LogP contribution in [0, 0.1) is 0 Å². The van der Waals surface area contributed by atoms with Gasteiger partial charge in [0.2, 0.25) is 5.90 Å². The lowest BCUT2D eigenvalue weighted by Gasteiger charge is -2.05. The van der Waals surface area contributed by atoms with E-state index in [0.29, 0.717) is 12.5 Å². The summed E-state index contributed by atoms with van der Waals surface area (Å²) in [4.78, 5) is 16.4. The number of esters is 1. The maximum Gasteiger partial charge on any atom is 0.363 e. The molecule has 1 aliphatic heterocycles. The summed E-state index contributed by atoms with van der Waals surface area (Å²) in [6.45, 7) is 2.82. The number of aliphatic imine (C=N–C) groups is 1. The number of nitrogens with zero attached hydrogens (tertiary/aromatic N) is 1. The normalized spacial score (nSPS) is 15.2. The van der Waals surface area contributed by atoms with E-state index < -0.39 is 5.97 Å². The molecule has 0 saturated heterocycles. The Bertz CT molecular complexity index is 825. The van der Waals surface area contributed by atoms with E-state index in [1.807, 2.05) is 48.5 Å². The predicted octanol–water partition coefficient (Wildman–Crippen LogP) is 4.97. The van der Waals surface area contributed by atoms with Crippen molar-refractivity contribution in [3.63, 3.8) is 0 Å². The van der Waals surface area contributed by atoms with Crippen LogP contribution >= 0.6 is 15.9 Å². The van der Waals surface area contributed by atoms with E-state index in [1.165, 1.54) is 0 Å². The van der Waals surface area contributed by atoms with E-state index >= 15 is 0 Å². The van der Waals surface area contributed by atoms with Gasteiger partial charge in [0.25, 0.3) is 0 Å². The van der Waals surface area contributed by atoms with E-state index in [9.17, 15) is 4.79 Å². The van der Waals surface area contributed by atoms with Gasteiger partial charge in [-0.05, 0) is 54.5 Å². The highest BCUT2D eigenvalue weighted by atomic mass is 79.9. The van der Waals surface area contributed by atoms with Crippen molar-refractivity contribution in [2.75, 3.05) is 6.61 Å². The Morgan fingerprint density at radius 1 is 1.20 bits per heavy atom. The highest BCUT2D eigenvalue weighted by Crippen LogP contribution is 2.22. The summed E-state index contributed by atoms with van der Waals surface area (Å²) in [7, 11) is 0. The van der Waals surface area contributed by atoms with E-state index in [2.05, 4.69) is 27.8 Å². The summed E-state index contributed by atoms with van der Waals surface area (Å²) in [5.41, 5.74) is 1.91. The number of carbonyl (C=O) groups excluding carboxylic acids is 1. The molecule has 25 heavy (non-hydrogen) atoms. The molecule has 0 atom stereocenters. The lowest BCUT2D eigenvalue weighted by atomic mass is 10.2. The smallest absolute Gasteiger partial charge is 0.363 e. The van der Waals surface area contributed by atoms with Crippen molar-refractivity contribution in [3.8, 4) is 5.75 Å². The van der Waals surface area contributed by atoms with Gasteiger partial charge in [0.05, 0.1) is 6.61 Å². The van der Waals surface area contributed by atoms with Crippen LogP contribution in [0.15, 0.2) is 63.7 Å². The number of halogens is 1. The van der Waals surface area contributed by atoms with Gasteiger partial charge in [-0.1, -0.05) is 41.4 Å². The second-order valence-electron chi connectivity index (χ2n) is 5.62. The molecule has 0 N–H and O–H groups in total. The van der Waals surface area contributed by atoms with E-state index in [0.717, 1.165) is 34.2 Å². The molecule has 0 fully saturated rings. The number of cyclic esters (lactones) is 1. The number of benzene rings is 2. The van der Waals surface area contributed by atoms with Crippen molar-refractivity contribution in [1.82, 2.24) is 0 Å². The lowest BCUT2D eigenvalue weighted by Crippen LogP contribution is -2.05. The third kappa shape index (κ3) is 4.57. The molecule has 2 aromatic carbocycles. The minimum absolute atomic E-state index is 0.288. The van der Waals surface area contributed by atoms with Crippen LogP contribution in [0.4, 0.5) is 0 Å². The lowest BCUT2D eigenvalue weighted by molar-refractivity contribution is -0.129. The average Bonchev–Trinajstić information content (AvgIpc) is 2.96. The highest BCUT2D eigenvalue weighted by Gasteiger charge is 2.24. The maximum atomic E-state index is 12.0. The van der Waals surface area contributed by atoms with E-state index in [-0.39, 0.29) is 5.70 Å². The van der Waals surface area contributed by atoms with Crippen LogP contribution in [0.1, 0.15) is 30.9 Å². The number of rotatable bonds is 6. The van der Waals surface area contributed by atoms with Gasteiger partial charge in [-0.3, -0.25) is 0 Å². The zero-order chi connectivity index (χ0) is 17.6. The molecule has 0 aromatic heterocycles. The van der Waals surface area contributed by atoms with Crippen molar-refractivity contribution < 1.29 is 14.3 Å². The van der Waals surface area contributed by atoms with Gasteiger partial charge in [0.15, 0.2) is 5.70 Å². The molecule has 4 nitrogen and oxygen atoms in total. The fourth-order valence-electron chi connectivity index (χ4n) is 2.31. The van der Waals surface area contributed by atoms with Crippen LogP contribution in [-0.4, -0.2) is 18.5 Å². The minimum Gasteiger partial charge on any atom is -0.494 e. The van der Waals surface area contributed by atoms with Gasteiger partial charge in [0.1, 0.15) is 5.75 Å². The molecule has 1 aliphatic rings. The number of hydrogen-bond acceptors (Lipinski definition) is 4. The summed E-state index contributed by atoms with van der Waals surface area (Å²) in [5.74, 6) is 0.664. The van der Waals surface area contributed by atoms with Gasteiger partial charge < -0.3 is 9.47 Å². The summed E-state index contributed by atoms with van der Waals surface area (Å²) >= 11 is 3.41. The minimum atomic E-state index is -0.446. The number of hydrogen-bond donors (Lipinski definition) is 0. The van der Waals surface area contributed by atoms with Gasteiger partial charge in [0, 0.05) is 10.0 Å². The zero-order valence-electron chi connectivity index (χ0n) is 13.9. The highest BCUT2D eigenvalue weighted by molar-refractivity contribution is 9.10. The van der Waals surface area contributed by atoms with Gasteiger partial charge in [-0.25, -0.2) is 9.79 Å². The van der Waals surface area contributed by atoms with Crippen LogP contribution in [0.25, 0.3) is 6.08 Å². The Kier molecular flexibility index (Phi) is 5.66. The first-order chi connectivity index (χ1) is 12.2. The molecule has 0 bridgehead atoms. The predicted molar refractivity (Wildman–Crippen MR) is 102 cm³/mol. The first kappa shape index (κ1) is 17.4. The van der Waals surface area contributed by atoms with Crippen LogP contribution < -0.4 is 4.74 Å². The molecular formula is C20H18BrNO3. The SMILES string of the molecule is CCCCOc1ccc(C2=NC(=Cc3cccc(Br)c3)C(=O)O2)cc1. The molecule has 5 heteroatoms. The molecule has 2 aromatic rings. The molecule has 0 radical (unpaired) electrons. The van der Waals surface area contributed by atoms with Gasteiger partial charge in [-0.2, -0.15) is 0 Å². The van der Waals surface area contributed by atoms with Crippen molar-refractivity contribution in [2.45, 2.75) is 19.8 Å². The molecule has 0 amide bonds. The average molecular weight is 400 g/mol. The second kappa shape index (κ2) is 8.12. The zero-order valence-corrected chi connectivity index (χ0v) is 15.5. The fourth-order valence-corrected chi connectivity index (χ4v) is 2.73. The summed E-state index contributed by atoms with van der Waals surface area (Å²) in [5, 5.41) is 0. The Labute approximate surface area is 155 Å². The monoisotopic (exact) mass is 399 g/mol. The van der Waals surface area contributed by atoms with Crippen LogP contribution in [0.2, 0.25) is 0 Å². The molecule has 1 heterocycles. The van der Waals surface area contributed by atoms with E-state index in [4.69, 9.17) is 9.47 Å². The van der Waals surface area contributed by atoms with Crippen molar-refractivity contribution in [1.29, 1.82) is 0 Å². The Morgan fingerprint density at radius 2 is 2.00 bits per heavy atom. The van der Waals surface area contributed by atoms with Gasteiger partial charge in [-0.15, -0.1) is 0 Å². The van der Waals surface area contributed by atoms with Crippen LogP contribution in [0.3, 0.4) is 0 Å². The summed E-state index contributed by atoms with van der Waals surface area (Å²) < 4.78 is 11.9. The fraction of sp³-hybridized carbons (Fsp3) is 0.200.